The van der Waals surface area contributed by atoms with E-state index in [9.17, 15) is 23.2 Å². The van der Waals surface area contributed by atoms with Crippen molar-refractivity contribution in [3.05, 3.63) is 79.6 Å². The predicted octanol–water partition coefficient (Wildman–Crippen LogP) is 2.84. The number of nitrogens with zero attached hydrogens (tertiary/aromatic N) is 3. The normalized spacial score (nSPS) is 11.9. The number of carboxylic acids is 1. The maximum atomic E-state index is 13.2. The van der Waals surface area contributed by atoms with Gasteiger partial charge in [-0.1, -0.05) is 23.7 Å². The van der Waals surface area contributed by atoms with Crippen LogP contribution in [0.1, 0.15) is 11.1 Å². The number of halogens is 3. The van der Waals surface area contributed by atoms with E-state index in [4.69, 9.17) is 29.3 Å². The molecule has 0 amide bonds. The minimum absolute atomic E-state index is 0.0253. The van der Waals surface area contributed by atoms with Crippen molar-refractivity contribution in [2.24, 2.45) is 0 Å². The third kappa shape index (κ3) is 6.69. The van der Waals surface area contributed by atoms with Crippen molar-refractivity contribution in [1.82, 2.24) is 14.1 Å². The molecule has 2 aromatic carbocycles. The van der Waals surface area contributed by atoms with Crippen LogP contribution in [0, 0.1) is 6.92 Å². The molecule has 0 aliphatic rings. The molecule has 35 heavy (non-hydrogen) atoms. The second-order valence-electron chi connectivity index (χ2n) is 7.58. The van der Waals surface area contributed by atoms with Crippen molar-refractivity contribution in [2.45, 2.75) is 32.3 Å². The molecule has 2 N–H and O–H groups in total. The molecule has 3 rings (SSSR count). The van der Waals surface area contributed by atoms with Crippen LogP contribution < -0.4 is 21.4 Å². The van der Waals surface area contributed by atoms with Gasteiger partial charge in [0.25, 0.3) is 12.4 Å². The summed E-state index contributed by atoms with van der Waals surface area (Å²) in [5, 5.41) is 12.4. The second kappa shape index (κ2) is 11.2. The Balaban J connectivity index is 2.01. The molecule has 0 bridgehead atoms. The molecular formula is C22H20BClF2N4O5. The Morgan fingerprint density at radius 3 is 2.49 bits per heavy atom. The van der Waals surface area contributed by atoms with E-state index in [2.05, 4.69) is 10.3 Å². The molecule has 3 aromatic rings. The number of ether oxygens (including phenoxy) is 1. The van der Waals surface area contributed by atoms with E-state index >= 15 is 0 Å². The minimum Gasteiger partial charge on any atom is -0.487 e. The maximum Gasteiger partial charge on any atom is 0.354 e. The fourth-order valence-electron chi connectivity index (χ4n) is 3.14. The number of rotatable bonds is 10. The van der Waals surface area contributed by atoms with Crippen LogP contribution in [0.4, 0.5) is 20.4 Å². The van der Waals surface area contributed by atoms with Gasteiger partial charge in [-0.3, -0.25) is 9.36 Å². The van der Waals surface area contributed by atoms with Gasteiger partial charge in [0.2, 0.25) is 5.95 Å². The number of aromatic nitrogens is 3. The summed E-state index contributed by atoms with van der Waals surface area (Å²) in [6.45, 7) is 0.288. The highest BCUT2D eigenvalue weighted by Gasteiger charge is 2.19. The van der Waals surface area contributed by atoms with E-state index in [0.29, 0.717) is 26.4 Å². The Kier molecular flexibility index (Phi) is 8.28. The monoisotopic (exact) mass is 504 g/mol. The van der Waals surface area contributed by atoms with Gasteiger partial charge in [0.05, 0.1) is 14.4 Å². The van der Waals surface area contributed by atoms with E-state index < -0.39 is 42.7 Å². The van der Waals surface area contributed by atoms with Gasteiger partial charge in [0.15, 0.2) is 0 Å². The Morgan fingerprint density at radius 2 is 1.89 bits per heavy atom. The third-order valence-electron chi connectivity index (χ3n) is 4.90. The summed E-state index contributed by atoms with van der Waals surface area (Å²) in [7, 11) is 5.52. The average Bonchev–Trinajstić information content (AvgIpc) is 2.79. The predicted molar refractivity (Wildman–Crippen MR) is 126 cm³/mol. The molecule has 0 unspecified atom stereocenters. The lowest BCUT2D eigenvalue weighted by Gasteiger charge is -2.17. The van der Waals surface area contributed by atoms with Crippen molar-refractivity contribution in [2.75, 3.05) is 11.9 Å². The van der Waals surface area contributed by atoms with Gasteiger partial charge in [0.1, 0.15) is 12.4 Å². The highest BCUT2D eigenvalue weighted by molar-refractivity contribution is 6.30. The van der Waals surface area contributed by atoms with Gasteiger partial charge in [-0.25, -0.2) is 22.9 Å². The van der Waals surface area contributed by atoms with Gasteiger partial charge in [-0.15, -0.1) is 0 Å². The summed E-state index contributed by atoms with van der Waals surface area (Å²) in [6, 6.07) is 11.2. The maximum absolute atomic E-state index is 13.2. The number of carboxylic acid groups (broad SMARTS) is 1. The fraction of sp³-hybridized carbons (Fsp3) is 0.273. The number of carbonyl (C=O) groups is 1. The lowest BCUT2D eigenvalue weighted by atomic mass is 9.87. The first-order valence-electron chi connectivity index (χ1n) is 10.3. The molecule has 0 aliphatic carbocycles. The molecule has 0 spiro atoms. The van der Waals surface area contributed by atoms with Crippen LogP contribution >= 0.6 is 11.6 Å². The van der Waals surface area contributed by atoms with E-state index in [0.717, 1.165) is 4.57 Å². The van der Waals surface area contributed by atoms with E-state index in [-0.39, 0.29) is 18.2 Å². The summed E-state index contributed by atoms with van der Waals surface area (Å²) in [5.74, 6) is -2.74. The average molecular weight is 505 g/mol. The molecule has 0 aliphatic heterocycles. The molecule has 1 atom stereocenters. The zero-order chi connectivity index (χ0) is 25.7. The third-order valence-corrected chi connectivity index (χ3v) is 5.15. The Hall–Kier alpha value is -3.67. The minimum atomic E-state index is -2.63. The van der Waals surface area contributed by atoms with Crippen LogP contribution in [0.3, 0.4) is 0 Å². The topological polar surface area (TPSA) is 115 Å². The SMILES string of the molecule is [B][C@@H](Cn1c(=O)nc(Nc2ccc(OCC(F)F)c(C)c2)n(Cc2ccc(Cl)cc2)c1=O)C(=O)O. The second-order valence-corrected chi connectivity index (χ2v) is 8.01. The number of benzene rings is 2. The highest BCUT2D eigenvalue weighted by Crippen LogP contribution is 2.24. The summed E-state index contributed by atoms with van der Waals surface area (Å²) < 4.78 is 31.7. The summed E-state index contributed by atoms with van der Waals surface area (Å²) in [4.78, 5) is 40.8. The number of aryl methyl sites for hydroxylation is 1. The lowest BCUT2D eigenvalue weighted by molar-refractivity contribution is -0.137. The quantitative estimate of drug-likeness (QED) is 0.408. The molecule has 13 heteroatoms. The Bertz CT molecular complexity index is 1330. The van der Waals surface area contributed by atoms with Gasteiger partial charge < -0.3 is 15.2 Å². The van der Waals surface area contributed by atoms with Crippen LogP contribution in [0.2, 0.25) is 10.8 Å². The number of nitrogens with one attached hydrogen (secondary N) is 1. The van der Waals surface area contributed by atoms with Crippen LogP contribution in [0.15, 0.2) is 52.1 Å². The van der Waals surface area contributed by atoms with Crippen LogP contribution in [-0.4, -0.2) is 46.1 Å². The van der Waals surface area contributed by atoms with Crippen molar-refractivity contribution in [1.29, 1.82) is 0 Å². The number of hydrogen-bond acceptors (Lipinski definition) is 6. The largest absolute Gasteiger partial charge is 0.487 e. The lowest BCUT2D eigenvalue weighted by Crippen LogP contribution is -2.44. The zero-order valence-corrected chi connectivity index (χ0v) is 19.2. The summed E-state index contributed by atoms with van der Waals surface area (Å²) in [5.41, 5.74) is -0.227. The molecule has 0 fully saturated rings. The Labute approximate surface area is 204 Å². The molecular weight excluding hydrogens is 485 g/mol. The van der Waals surface area contributed by atoms with Gasteiger partial charge in [-0.05, 0) is 48.4 Å². The number of aliphatic carboxylic acids is 1. The zero-order valence-electron chi connectivity index (χ0n) is 18.5. The van der Waals surface area contributed by atoms with E-state index in [1.54, 1.807) is 37.3 Å². The molecule has 0 saturated carbocycles. The molecule has 1 aromatic heterocycles. The first-order valence-corrected chi connectivity index (χ1v) is 10.7. The van der Waals surface area contributed by atoms with Crippen LogP contribution in [-0.2, 0) is 17.9 Å². The van der Waals surface area contributed by atoms with Gasteiger partial charge in [0, 0.05) is 23.1 Å². The van der Waals surface area contributed by atoms with Crippen molar-refractivity contribution in [3.63, 3.8) is 0 Å². The molecule has 2 radical (unpaired) electrons. The molecule has 9 nitrogen and oxygen atoms in total. The fourth-order valence-corrected chi connectivity index (χ4v) is 3.27. The number of alkyl halides is 2. The smallest absolute Gasteiger partial charge is 0.354 e. The van der Waals surface area contributed by atoms with Crippen molar-refractivity contribution >= 4 is 37.1 Å². The molecule has 0 saturated heterocycles. The van der Waals surface area contributed by atoms with Crippen molar-refractivity contribution in [3.8, 4) is 5.75 Å². The summed E-state index contributed by atoms with van der Waals surface area (Å²) >= 11 is 5.92. The number of hydrogen-bond donors (Lipinski definition) is 2. The van der Waals surface area contributed by atoms with Crippen LogP contribution in [0.5, 0.6) is 5.75 Å². The Morgan fingerprint density at radius 1 is 1.20 bits per heavy atom. The van der Waals surface area contributed by atoms with Gasteiger partial charge in [-0.2, -0.15) is 4.98 Å². The molecule has 182 valence electrons. The number of anilines is 2. The van der Waals surface area contributed by atoms with Crippen LogP contribution in [0.25, 0.3) is 0 Å². The van der Waals surface area contributed by atoms with E-state index in [1.807, 2.05) is 0 Å². The van der Waals surface area contributed by atoms with Crippen molar-refractivity contribution < 1.29 is 23.4 Å². The van der Waals surface area contributed by atoms with Gasteiger partial charge >= 0.3 is 11.4 Å². The highest BCUT2D eigenvalue weighted by atomic mass is 35.5. The first kappa shape index (κ1) is 25.9. The first-order chi connectivity index (χ1) is 16.5. The summed E-state index contributed by atoms with van der Waals surface area (Å²) in [6.07, 6.45) is -2.63. The standard InChI is InChI=1S/C22H20BClF2N4O5/c1-12-8-15(6-7-17(12)35-11-18(25)26)27-20-28-21(33)30(10-16(23)19(31)32)22(34)29(20)9-13-2-4-14(24)5-3-13/h2-8,16,18H,9-11H2,1H3,(H,31,32)(H,27,28,33)/t16-/m0/s1. The molecule has 1 heterocycles. The van der Waals surface area contributed by atoms with E-state index in [1.165, 1.54) is 12.1 Å².